The highest BCUT2D eigenvalue weighted by Crippen LogP contribution is 2.53. The van der Waals surface area contributed by atoms with E-state index in [1.807, 2.05) is 0 Å². The van der Waals surface area contributed by atoms with E-state index in [0.29, 0.717) is 0 Å². The quantitative estimate of drug-likeness (QED) is 0.168. The number of hydrogen-bond acceptors (Lipinski definition) is 2. The third-order valence-electron chi connectivity index (χ3n) is 11.7. The first-order valence-electron chi connectivity index (χ1n) is 18.6. The minimum absolute atomic E-state index is 0.0679. The van der Waals surface area contributed by atoms with E-state index in [1.54, 1.807) is 0 Å². The van der Waals surface area contributed by atoms with Gasteiger partial charge in [-0.1, -0.05) is 146 Å². The lowest BCUT2D eigenvalue weighted by molar-refractivity contribution is 0.750. The van der Waals surface area contributed by atoms with E-state index in [9.17, 15) is 0 Å². The van der Waals surface area contributed by atoms with Gasteiger partial charge in [0.15, 0.2) is 0 Å². The van der Waals surface area contributed by atoms with Gasteiger partial charge in [0.1, 0.15) is 0 Å². The summed E-state index contributed by atoms with van der Waals surface area (Å²) in [5.74, 6) is 0. The molecule has 248 valence electrons. The van der Waals surface area contributed by atoms with E-state index in [-0.39, 0.29) is 6.71 Å². The summed E-state index contributed by atoms with van der Waals surface area (Å²) in [7, 11) is 0. The molecule has 53 heavy (non-hydrogen) atoms. The molecule has 3 aliphatic rings. The van der Waals surface area contributed by atoms with E-state index in [1.165, 1.54) is 83.8 Å². The highest BCUT2D eigenvalue weighted by Gasteiger charge is 2.54. The molecule has 0 atom stereocenters. The van der Waals surface area contributed by atoms with E-state index in [2.05, 4.69) is 211 Å². The van der Waals surface area contributed by atoms with Gasteiger partial charge in [0.05, 0.1) is 5.41 Å². The molecule has 3 aliphatic heterocycles. The molecule has 3 heterocycles. The number of para-hydroxylation sites is 1. The minimum Gasteiger partial charge on any atom is -0.311 e. The number of hydrogen-bond donors (Lipinski definition) is 0. The molecule has 0 unspecified atom stereocenters. The van der Waals surface area contributed by atoms with Crippen molar-refractivity contribution in [2.75, 3.05) is 9.80 Å². The smallest absolute Gasteiger partial charge is 0.253 e. The lowest BCUT2D eigenvalue weighted by Crippen LogP contribution is -2.68. The molecule has 0 bridgehead atoms. The molecule has 2 nitrogen and oxygen atoms in total. The van der Waals surface area contributed by atoms with Crippen LogP contribution in [0.3, 0.4) is 0 Å². The van der Waals surface area contributed by atoms with Crippen LogP contribution in [0.2, 0.25) is 0 Å². The first-order chi connectivity index (χ1) is 26.2. The van der Waals surface area contributed by atoms with Gasteiger partial charge < -0.3 is 9.80 Å². The fraction of sp³-hybridized carbons (Fsp3) is 0.0400. The predicted octanol–water partition coefficient (Wildman–Crippen LogP) is 10.4. The van der Waals surface area contributed by atoms with Crippen molar-refractivity contribution in [1.29, 1.82) is 0 Å². The van der Waals surface area contributed by atoms with Gasteiger partial charge in [-0.15, -0.1) is 0 Å². The number of aryl methyl sites for hydroxylation is 1. The topological polar surface area (TPSA) is 6.48 Å². The van der Waals surface area contributed by atoms with Crippen molar-refractivity contribution < 1.29 is 0 Å². The maximum atomic E-state index is 2.54. The molecule has 0 saturated heterocycles. The van der Waals surface area contributed by atoms with Crippen LogP contribution in [-0.4, -0.2) is 6.71 Å². The molecule has 0 aromatic heterocycles. The summed E-state index contributed by atoms with van der Waals surface area (Å²) in [6, 6.07) is 72.0. The van der Waals surface area contributed by atoms with Gasteiger partial charge in [0.25, 0.3) is 6.71 Å². The van der Waals surface area contributed by atoms with Crippen molar-refractivity contribution in [2.45, 2.75) is 12.3 Å². The summed E-state index contributed by atoms with van der Waals surface area (Å²) in [4.78, 5) is 5.07. The first kappa shape index (κ1) is 30.1. The van der Waals surface area contributed by atoms with Gasteiger partial charge in [0, 0.05) is 34.1 Å². The third-order valence-corrected chi connectivity index (χ3v) is 11.7. The van der Waals surface area contributed by atoms with E-state index in [0.717, 1.165) is 5.69 Å². The molecule has 8 aromatic rings. The van der Waals surface area contributed by atoms with Crippen LogP contribution < -0.4 is 26.2 Å². The Bertz CT molecular complexity index is 2630. The number of nitrogens with zero attached hydrogens (tertiary/aromatic N) is 2. The Balaban J connectivity index is 1.29. The number of benzene rings is 8. The average molecular weight is 675 g/mol. The second kappa shape index (κ2) is 11.5. The summed E-state index contributed by atoms with van der Waals surface area (Å²) in [5, 5.41) is 0. The molecule has 0 spiro atoms. The summed E-state index contributed by atoms with van der Waals surface area (Å²) in [6.45, 7) is 2.31. The zero-order chi connectivity index (χ0) is 35.1. The van der Waals surface area contributed by atoms with Crippen LogP contribution in [-0.2, 0) is 5.41 Å². The maximum absolute atomic E-state index is 2.54. The summed E-state index contributed by atoms with van der Waals surface area (Å²) in [5.41, 5.74) is 19.8. The molecule has 0 saturated carbocycles. The van der Waals surface area contributed by atoms with Gasteiger partial charge >= 0.3 is 0 Å². The van der Waals surface area contributed by atoms with Crippen LogP contribution in [0.4, 0.5) is 34.1 Å². The van der Waals surface area contributed by atoms with Crippen LogP contribution in [0.1, 0.15) is 27.8 Å². The van der Waals surface area contributed by atoms with Crippen molar-refractivity contribution >= 4 is 57.2 Å². The molecular weight excluding hydrogens is 639 g/mol. The molecule has 8 aromatic carbocycles. The Morgan fingerprint density at radius 2 is 0.811 bits per heavy atom. The predicted molar refractivity (Wildman–Crippen MR) is 223 cm³/mol. The van der Waals surface area contributed by atoms with Gasteiger partial charge in [-0.3, -0.25) is 0 Å². The van der Waals surface area contributed by atoms with Crippen LogP contribution >= 0.6 is 0 Å². The average Bonchev–Trinajstić information content (AvgIpc) is 3.22. The zero-order valence-corrected chi connectivity index (χ0v) is 29.4. The Kier molecular flexibility index (Phi) is 6.51. The normalized spacial score (nSPS) is 14.2. The monoisotopic (exact) mass is 674 g/mol. The fourth-order valence-corrected chi connectivity index (χ4v) is 9.75. The molecule has 0 fully saturated rings. The maximum Gasteiger partial charge on any atom is 0.253 e. The van der Waals surface area contributed by atoms with Crippen molar-refractivity contribution in [1.82, 2.24) is 0 Å². The summed E-state index contributed by atoms with van der Waals surface area (Å²) >= 11 is 0. The van der Waals surface area contributed by atoms with Gasteiger partial charge in [0.2, 0.25) is 0 Å². The largest absolute Gasteiger partial charge is 0.311 e. The standard InChI is InChI=1S/C50H35BN2/c1-34-32-45-49-46(33-34)53(40-30-28-36(29-31-40)35-16-6-2-7-17-35)44-27-15-25-42-48(44)51(49)47-41(24-14-26-43(47)52(45)39-22-12-5-13-23-39)50(42,37-18-8-3-9-19-37)38-20-10-4-11-21-38/h2-33H,1H3. The second-order valence-corrected chi connectivity index (χ2v) is 14.5. The van der Waals surface area contributed by atoms with Crippen LogP contribution in [0.5, 0.6) is 0 Å². The van der Waals surface area contributed by atoms with Crippen molar-refractivity contribution in [3.63, 3.8) is 0 Å². The zero-order valence-electron chi connectivity index (χ0n) is 29.4. The third kappa shape index (κ3) is 4.16. The van der Waals surface area contributed by atoms with Gasteiger partial charge in [-0.25, -0.2) is 0 Å². The first-order valence-corrected chi connectivity index (χ1v) is 18.6. The molecule has 11 rings (SSSR count). The number of rotatable bonds is 5. The van der Waals surface area contributed by atoms with Gasteiger partial charge in [-0.05, 0) is 111 Å². The molecule has 0 amide bonds. The highest BCUT2D eigenvalue weighted by atomic mass is 15.2. The Morgan fingerprint density at radius 3 is 1.32 bits per heavy atom. The Hall–Kier alpha value is -6.58. The van der Waals surface area contributed by atoms with Crippen molar-refractivity contribution in [2.24, 2.45) is 0 Å². The SMILES string of the molecule is Cc1cc2c3c(c1)N(c1ccc(-c4ccccc4)cc1)c1cccc4c1B3c1c(cccc1C4(c1ccccc1)c1ccccc1)N2c1ccccc1. The fourth-order valence-electron chi connectivity index (χ4n) is 9.75. The number of anilines is 6. The molecule has 0 radical (unpaired) electrons. The lowest BCUT2D eigenvalue weighted by Gasteiger charge is -2.52. The van der Waals surface area contributed by atoms with Gasteiger partial charge in [-0.2, -0.15) is 0 Å². The van der Waals surface area contributed by atoms with E-state index >= 15 is 0 Å². The molecule has 0 aliphatic carbocycles. The second-order valence-electron chi connectivity index (χ2n) is 14.5. The highest BCUT2D eigenvalue weighted by molar-refractivity contribution is 7.01. The Morgan fingerprint density at radius 1 is 0.377 bits per heavy atom. The Labute approximate surface area is 311 Å². The van der Waals surface area contributed by atoms with E-state index < -0.39 is 5.41 Å². The summed E-state index contributed by atoms with van der Waals surface area (Å²) < 4.78 is 0. The van der Waals surface area contributed by atoms with Crippen LogP contribution in [0.25, 0.3) is 11.1 Å². The van der Waals surface area contributed by atoms with Crippen LogP contribution in [0, 0.1) is 6.92 Å². The molecular formula is C50H35BN2. The van der Waals surface area contributed by atoms with E-state index in [4.69, 9.17) is 0 Å². The van der Waals surface area contributed by atoms with Crippen molar-refractivity contribution in [3.8, 4) is 11.1 Å². The molecule has 3 heteroatoms. The van der Waals surface area contributed by atoms with Crippen molar-refractivity contribution in [3.05, 3.63) is 222 Å². The minimum atomic E-state index is -0.541. The summed E-state index contributed by atoms with van der Waals surface area (Å²) in [6.07, 6.45) is 0. The van der Waals surface area contributed by atoms with Crippen LogP contribution in [0.15, 0.2) is 194 Å². The lowest BCUT2D eigenvalue weighted by atomic mass is 9.28. The molecule has 0 N–H and O–H groups in total.